The number of nitrogens with zero attached hydrogens (tertiary/aromatic N) is 2. The Labute approximate surface area is 156 Å². The normalized spacial score (nSPS) is 11.1. The quantitative estimate of drug-likeness (QED) is 0.454. The van der Waals surface area contributed by atoms with E-state index in [1.54, 1.807) is 18.2 Å². The first-order valence-electron chi connectivity index (χ1n) is 7.41. The average molecular weight is 387 g/mol. The van der Waals surface area contributed by atoms with Gasteiger partial charge in [-0.25, -0.2) is 4.79 Å². The fraction of sp³-hybridized carbons (Fsp3) is 0.118. The molecule has 0 spiro atoms. The Morgan fingerprint density at radius 3 is 2.63 bits per heavy atom. The Balaban J connectivity index is 2.05. The van der Waals surface area contributed by atoms with Gasteiger partial charge in [-0.1, -0.05) is 12.1 Å². The number of nitro benzene ring substituents is 1. The standard InChI is InChI=1S/C17H13N3O6S/c1-27(25)15-5-3-2-4-13(15)17(22)26-10-16(21)19-14-7-6-12(20(23)24)8-11(14)9-18/h2-8H,10H2,1H3,(H,19,21)/t27-/m1/s1. The lowest BCUT2D eigenvalue weighted by molar-refractivity contribution is -0.384. The van der Waals surface area contributed by atoms with Gasteiger partial charge < -0.3 is 10.1 Å². The van der Waals surface area contributed by atoms with E-state index in [2.05, 4.69) is 5.32 Å². The SMILES string of the molecule is C[S@@](=O)c1ccccc1C(=O)OCC(=O)Nc1ccc([N+](=O)[O-])cc1C#N. The molecule has 0 radical (unpaired) electrons. The predicted octanol–water partition coefficient (Wildman–Crippen LogP) is 2.00. The third kappa shape index (κ3) is 4.96. The molecule has 10 heteroatoms. The predicted molar refractivity (Wildman–Crippen MR) is 95.5 cm³/mol. The van der Waals surface area contributed by atoms with Crippen LogP contribution in [-0.2, 0) is 20.3 Å². The van der Waals surface area contributed by atoms with Gasteiger partial charge in [0, 0.05) is 18.4 Å². The van der Waals surface area contributed by atoms with Crippen LogP contribution in [0.3, 0.4) is 0 Å². The smallest absolute Gasteiger partial charge is 0.339 e. The summed E-state index contributed by atoms with van der Waals surface area (Å²) >= 11 is 0. The van der Waals surface area contributed by atoms with E-state index < -0.39 is 34.2 Å². The van der Waals surface area contributed by atoms with Crippen LogP contribution in [0, 0.1) is 21.4 Å². The van der Waals surface area contributed by atoms with Crippen LogP contribution >= 0.6 is 0 Å². The maximum atomic E-state index is 12.1. The number of carbonyl (C=O) groups excluding carboxylic acids is 2. The summed E-state index contributed by atoms with van der Waals surface area (Å²) in [4.78, 5) is 34.4. The lowest BCUT2D eigenvalue weighted by Gasteiger charge is -2.09. The zero-order chi connectivity index (χ0) is 20.0. The summed E-state index contributed by atoms with van der Waals surface area (Å²) in [5.74, 6) is -1.55. The van der Waals surface area contributed by atoms with Crippen molar-refractivity contribution in [1.29, 1.82) is 5.26 Å². The number of nitrogens with one attached hydrogen (secondary N) is 1. The molecule has 0 bridgehead atoms. The van der Waals surface area contributed by atoms with Gasteiger partial charge in [-0.3, -0.25) is 19.1 Å². The molecule has 0 aliphatic rings. The molecule has 0 heterocycles. The molecule has 2 aromatic carbocycles. The fourth-order valence-corrected chi connectivity index (χ4v) is 2.86. The van der Waals surface area contributed by atoms with Gasteiger partial charge in [-0.15, -0.1) is 0 Å². The number of hydrogen-bond acceptors (Lipinski definition) is 7. The third-order valence-corrected chi connectivity index (χ3v) is 4.33. The van der Waals surface area contributed by atoms with E-state index in [0.29, 0.717) is 0 Å². The van der Waals surface area contributed by atoms with Gasteiger partial charge in [-0.05, 0) is 18.2 Å². The zero-order valence-corrected chi connectivity index (χ0v) is 14.8. The van der Waals surface area contributed by atoms with Crippen molar-refractivity contribution in [3.05, 3.63) is 63.7 Å². The van der Waals surface area contributed by atoms with Crippen molar-refractivity contribution in [3.63, 3.8) is 0 Å². The highest BCUT2D eigenvalue weighted by Gasteiger charge is 2.17. The Morgan fingerprint density at radius 1 is 1.30 bits per heavy atom. The van der Waals surface area contributed by atoms with Crippen LogP contribution in [-0.4, -0.2) is 33.9 Å². The number of nitro groups is 1. The second-order valence-corrected chi connectivity index (χ2v) is 6.52. The van der Waals surface area contributed by atoms with Crippen molar-refractivity contribution in [2.45, 2.75) is 4.90 Å². The highest BCUT2D eigenvalue weighted by molar-refractivity contribution is 7.84. The molecule has 1 N–H and O–H groups in total. The van der Waals surface area contributed by atoms with Crippen LogP contribution in [0.15, 0.2) is 47.4 Å². The summed E-state index contributed by atoms with van der Waals surface area (Å²) in [5.41, 5.74) is -0.255. The molecular formula is C17H13N3O6S. The van der Waals surface area contributed by atoms with Crippen LogP contribution in [0.4, 0.5) is 11.4 Å². The molecule has 0 aliphatic carbocycles. The number of carbonyl (C=O) groups is 2. The zero-order valence-electron chi connectivity index (χ0n) is 14.0. The second kappa shape index (κ2) is 8.68. The Kier molecular flexibility index (Phi) is 6.35. The number of ether oxygens (including phenoxy) is 1. The van der Waals surface area contributed by atoms with E-state index in [1.165, 1.54) is 24.5 Å². The van der Waals surface area contributed by atoms with Crippen molar-refractivity contribution in [3.8, 4) is 6.07 Å². The van der Waals surface area contributed by atoms with Crippen LogP contribution in [0.1, 0.15) is 15.9 Å². The largest absolute Gasteiger partial charge is 0.452 e. The minimum atomic E-state index is -1.41. The lowest BCUT2D eigenvalue weighted by Crippen LogP contribution is -2.22. The van der Waals surface area contributed by atoms with E-state index in [4.69, 9.17) is 10.00 Å². The van der Waals surface area contributed by atoms with Crippen LogP contribution in [0.5, 0.6) is 0 Å². The molecule has 1 atom stereocenters. The molecule has 2 aromatic rings. The van der Waals surface area contributed by atoms with E-state index in [-0.39, 0.29) is 27.4 Å². The van der Waals surface area contributed by atoms with E-state index in [1.807, 2.05) is 0 Å². The highest BCUT2D eigenvalue weighted by atomic mass is 32.2. The summed E-state index contributed by atoms with van der Waals surface area (Å²) in [5, 5.41) is 22.1. The first-order valence-corrected chi connectivity index (χ1v) is 8.97. The molecule has 2 rings (SSSR count). The second-order valence-electron chi connectivity index (χ2n) is 5.17. The number of nitriles is 1. The van der Waals surface area contributed by atoms with Crippen molar-refractivity contribution in [2.75, 3.05) is 18.2 Å². The summed E-state index contributed by atoms with van der Waals surface area (Å²) < 4.78 is 16.6. The number of hydrogen-bond donors (Lipinski definition) is 1. The van der Waals surface area contributed by atoms with Crippen LogP contribution in [0.2, 0.25) is 0 Å². The number of anilines is 1. The molecule has 27 heavy (non-hydrogen) atoms. The first kappa shape index (κ1) is 19.7. The minimum Gasteiger partial charge on any atom is -0.452 e. The van der Waals surface area contributed by atoms with Gasteiger partial charge in [0.1, 0.15) is 6.07 Å². The minimum absolute atomic E-state index is 0.0548. The van der Waals surface area contributed by atoms with Crippen molar-refractivity contribution in [1.82, 2.24) is 0 Å². The summed E-state index contributed by atoms with van der Waals surface area (Å²) in [7, 11) is -1.41. The molecule has 1 amide bonds. The van der Waals surface area contributed by atoms with Gasteiger partial charge in [0.25, 0.3) is 11.6 Å². The van der Waals surface area contributed by atoms with E-state index in [0.717, 1.165) is 12.1 Å². The molecule has 0 aromatic heterocycles. The van der Waals surface area contributed by atoms with Gasteiger partial charge in [0.2, 0.25) is 0 Å². The van der Waals surface area contributed by atoms with Crippen molar-refractivity contribution >= 4 is 34.1 Å². The molecule has 0 aliphatic heterocycles. The molecule has 0 unspecified atom stereocenters. The number of amides is 1. The molecule has 0 fully saturated rings. The number of benzene rings is 2. The monoisotopic (exact) mass is 387 g/mol. The van der Waals surface area contributed by atoms with Crippen LogP contribution < -0.4 is 5.32 Å². The van der Waals surface area contributed by atoms with Crippen LogP contribution in [0.25, 0.3) is 0 Å². The van der Waals surface area contributed by atoms with Gasteiger partial charge in [0.05, 0.1) is 37.4 Å². The Hall–Kier alpha value is -3.58. The summed E-state index contributed by atoms with van der Waals surface area (Å²) in [6.07, 6.45) is 1.41. The Morgan fingerprint density at radius 2 is 2.00 bits per heavy atom. The van der Waals surface area contributed by atoms with Crippen molar-refractivity contribution < 1.29 is 23.5 Å². The molecule has 9 nitrogen and oxygen atoms in total. The topological polar surface area (TPSA) is 139 Å². The average Bonchev–Trinajstić information content (AvgIpc) is 2.66. The maximum Gasteiger partial charge on any atom is 0.339 e. The lowest BCUT2D eigenvalue weighted by atomic mass is 10.1. The van der Waals surface area contributed by atoms with E-state index >= 15 is 0 Å². The van der Waals surface area contributed by atoms with E-state index in [9.17, 15) is 23.9 Å². The molecule has 0 saturated carbocycles. The Bertz CT molecular complexity index is 983. The molecular weight excluding hydrogens is 374 g/mol. The van der Waals surface area contributed by atoms with Gasteiger partial charge in [-0.2, -0.15) is 5.26 Å². The number of esters is 1. The fourth-order valence-electron chi connectivity index (χ4n) is 2.13. The summed E-state index contributed by atoms with van der Waals surface area (Å²) in [6.45, 7) is -0.647. The highest BCUT2D eigenvalue weighted by Crippen LogP contribution is 2.21. The first-order chi connectivity index (χ1) is 12.8. The maximum absolute atomic E-state index is 12.1. The van der Waals surface area contributed by atoms with Gasteiger partial charge in [0.15, 0.2) is 6.61 Å². The molecule has 0 saturated heterocycles. The van der Waals surface area contributed by atoms with Crippen molar-refractivity contribution in [2.24, 2.45) is 0 Å². The number of rotatable bonds is 6. The summed E-state index contributed by atoms with van der Waals surface area (Å²) in [6, 6.07) is 11.3. The van der Waals surface area contributed by atoms with Gasteiger partial charge >= 0.3 is 5.97 Å². The number of non-ortho nitro benzene ring substituents is 1. The molecule has 138 valence electrons. The third-order valence-electron chi connectivity index (χ3n) is 3.36.